The first-order valence-electron chi connectivity index (χ1n) is 12.5. The molecule has 1 N–H and O–H groups in total. The highest BCUT2D eigenvalue weighted by molar-refractivity contribution is 6.02. The van der Waals surface area contributed by atoms with Crippen LogP contribution < -0.4 is 10.1 Å². The Balaban J connectivity index is 1.58. The van der Waals surface area contributed by atoms with Crippen molar-refractivity contribution in [1.29, 1.82) is 5.26 Å². The molecule has 4 rings (SSSR count). The van der Waals surface area contributed by atoms with Crippen molar-refractivity contribution in [2.24, 2.45) is 0 Å². The van der Waals surface area contributed by atoms with Crippen LogP contribution in [0.15, 0.2) is 89.2 Å². The molecule has 1 amide bonds. The number of carbonyl (C=O) groups excluding carboxylic acids is 1. The number of benzene rings is 2. The van der Waals surface area contributed by atoms with Gasteiger partial charge >= 0.3 is 0 Å². The quantitative estimate of drug-likeness (QED) is 0.141. The first-order valence-corrected chi connectivity index (χ1v) is 12.5. The summed E-state index contributed by atoms with van der Waals surface area (Å²) in [7, 11) is 0. The number of carbonyl (C=O) groups is 1. The second-order valence-electron chi connectivity index (χ2n) is 8.58. The van der Waals surface area contributed by atoms with E-state index in [1.54, 1.807) is 22.9 Å². The van der Waals surface area contributed by atoms with Crippen LogP contribution in [-0.4, -0.2) is 22.3 Å². The number of aromatic nitrogens is 2. The number of unbranched alkanes of at least 4 members (excludes halogenated alkanes) is 3. The van der Waals surface area contributed by atoms with Crippen LogP contribution in [0, 0.1) is 11.3 Å². The maximum atomic E-state index is 12.7. The zero-order chi connectivity index (χ0) is 25.9. The fraction of sp³-hybridized carbons (Fsp3) is 0.233. The Morgan fingerprint density at radius 1 is 1.08 bits per heavy atom. The highest BCUT2D eigenvalue weighted by atomic mass is 16.5. The molecule has 2 heterocycles. The Bertz CT molecular complexity index is 1350. The summed E-state index contributed by atoms with van der Waals surface area (Å²) in [6, 6.07) is 22.9. The minimum Gasteiger partial charge on any atom is -0.494 e. The predicted octanol–water partition coefficient (Wildman–Crippen LogP) is 6.31. The second kappa shape index (κ2) is 12.9. The number of hydrogen-bond acceptors (Lipinski definition) is 5. The lowest BCUT2D eigenvalue weighted by molar-refractivity contribution is -0.117. The summed E-state index contributed by atoms with van der Waals surface area (Å²) in [6.07, 6.45) is 9.53. The molecule has 2 aromatic carbocycles. The highest BCUT2D eigenvalue weighted by Crippen LogP contribution is 2.27. The van der Waals surface area contributed by atoms with Crippen molar-refractivity contribution in [2.45, 2.75) is 39.2 Å². The van der Waals surface area contributed by atoms with E-state index in [-0.39, 0.29) is 12.1 Å². The normalized spacial score (nSPS) is 11.2. The molecule has 0 bridgehead atoms. The maximum Gasteiger partial charge on any atom is 0.262 e. The lowest BCUT2D eigenvalue weighted by atomic mass is 10.1. The van der Waals surface area contributed by atoms with Crippen LogP contribution in [0.5, 0.6) is 5.75 Å². The van der Waals surface area contributed by atoms with Gasteiger partial charge in [-0.1, -0.05) is 44.4 Å². The molecule has 2 aromatic heterocycles. The van der Waals surface area contributed by atoms with Gasteiger partial charge in [-0.3, -0.25) is 4.79 Å². The molecule has 7 nitrogen and oxygen atoms in total. The van der Waals surface area contributed by atoms with E-state index < -0.39 is 5.91 Å². The average Bonchev–Trinajstić information content (AvgIpc) is 3.61. The minimum atomic E-state index is -0.482. The Hall–Kier alpha value is -4.57. The summed E-state index contributed by atoms with van der Waals surface area (Å²) < 4.78 is 12.9. The Kier molecular flexibility index (Phi) is 8.92. The van der Waals surface area contributed by atoms with Gasteiger partial charge in [-0.2, -0.15) is 10.4 Å². The third kappa shape index (κ3) is 6.98. The minimum absolute atomic E-state index is 0.0209. The van der Waals surface area contributed by atoms with Crippen LogP contribution in [0.25, 0.3) is 23.0 Å². The SMILES string of the molecule is CCCCCCOc1ccc(-c2nn(-c3ccccc3)cc2C=C(C#N)C(=O)NCc2ccco2)cc1. The van der Waals surface area contributed by atoms with E-state index in [9.17, 15) is 10.1 Å². The van der Waals surface area contributed by atoms with Gasteiger partial charge in [0.1, 0.15) is 23.2 Å². The summed E-state index contributed by atoms with van der Waals surface area (Å²) in [4.78, 5) is 12.7. The molecule has 0 saturated carbocycles. The van der Waals surface area contributed by atoms with Crippen LogP contribution in [0.3, 0.4) is 0 Å². The van der Waals surface area contributed by atoms with Crippen LogP contribution in [0.2, 0.25) is 0 Å². The van der Waals surface area contributed by atoms with E-state index in [4.69, 9.17) is 14.3 Å². The maximum absolute atomic E-state index is 12.7. The molecule has 0 radical (unpaired) electrons. The predicted molar refractivity (Wildman–Crippen MR) is 143 cm³/mol. The fourth-order valence-electron chi connectivity index (χ4n) is 3.84. The van der Waals surface area contributed by atoms with E-state index in [1.165, 1.54) is 19.1 Å². The van der Waals surface area contributed by atoms with Crippen molar-refractivity contribution < 1.29 is 13.9 Å². The number of furan rings is 1. The van der Waals surface area contributed by atoms with Crippen LogP contribution in [0.1, 0.15) is 43.9 Å². The number of nitrogens with zero attached hydrogens (tertiary/aromatic N) is 3. The molecule has 188 valence electrons. The summed E-state index contributed by atoms with van der Waals surface area (Å²) in [5.41, 5.74) is 3.02. The Morgan fingerprint density at radius 3 is 2.59 bits per heavy atom. The first kappa shape index (κ1) is 25.5. The zero-order valence-corrected chi connectivity index (χ0v) is 20.9. The van der Waals surface area contributed by atoms with Crippen molar-refractivity contribution in [3.63, 3.8) is 0 Å². The molecule has 0 aliphatic heterocycles. The van der Waals surface area contributed by atoms with Crippen molar-refractivity contribution in [2.75, 3.05) is 6.61 Å². The molecule has 0 unspecified atom stereocenters. The number of ether oxygens (including phenoxy) is 1. The van der Waals surface area contributed by atoms with E-state index in [2.05, 4.69) is 12.2 Å². The smallest absolute Gasteiger partial charge is 0.262 e. The summed E-state index contributed by atoms with van der Waals surface area (Å²) >= 11 is 0. The van der Waals surface area contributed by atoms with E-state index in [1.807, 2.05) is 66.9 Å². The molecule has 0 aliphatic carbocycles. The van der Waals surface area contributed by atoms with Crippen molar-refractivity contribution >= 4 is 12.0 Å². The van der Waals surface area contributed by atoms with Crippen molar-refractivity contribution in [1.82, 2.24) is 15.1 Å². The van der Waals surface area contributed by atoms with Gasteiger partial charge in [0.25, 0.3) is 5.91 Å². The van der Waals surface area contributed by atoms with E-state index in [0.29, 0.717) is 23.6 Å². The fourth-order valence-corrected chi connectivity index (χ4v) is 3.84. The molecule has 0 saturated heterocycles. The van der Waals surface area contributed by atoms with Gasteiger partial charge in [0.2, 0.25) is 0 Å². The van der Waals surface area contributed by atoms with E-state index in [0.717, 1.165) is 29.8 Å². The number of para-hydroxylation sites is 1. The highest BCUT2D eigenvalue weighted by Gasteiger charge is 2.15. The van der Waals surface area contributed by atoms with Crippen molar-refractivity contribution in [3.8, 4) is 28.8 Å². The molecule has 0 fully saturated rings. The topological polar surface area (TPSA) is 93.1 Å². The number of hydrogen-bond donors (Lipinski definition) is 1. The molecule has 37 heavy (non-hydrogen) atoms. The standard InChI is InChI=1S/C30H30N4O3/c1-2-3-4-8-17-36-27-15-13-23(14-16-27)29-25(22-34(33-29)26-10-6-5-7-11-26)19-24(20-31)30(35)32-21-28-12-9-18-37-28/h5-7,9-16,18-19,22H,2-4,8,17,21H2,1H3,(H,32,35). The van der Waals surface area contributed by atoms with Crippen LogP contribution in [0.4, 0.5) is 0 Å². The molecule has 0 spiro atoms. The van der Waals surface area contributed by atoms with Crippen LogP contribution >= 0.6 is 0 Å². The van der Waals surface area contributed by atoms with Gasteiger partial charge in [0.05, 0.1) is 30.8 Å². The number of nitrogens with one attached hydrogen (secondary N) is 1. The van der Waals surface area contributed by atoms with Crippen molar-refractivity contribution in [3.05, 3.63) is 96.1 Å². The molecular weight excluding hydrogens is 464 g/mol. The number of rotatable bonds is 12. The lowest BCUT2D eigenvalue weighted by Crippen LogP contribution is -2.23. The summed E-state index contributed by atoms with van der Waals surface area (Å²) in [5.74, 6) is 0.926. The average molecular weight is 495 g/mol. The van der Waals surface area contributed by atoms with E-state index >= 15 is 0 Å². The Labute approximate surface area is 217 Å². The van der Waals surface area contributed by atoms with Gasteiger partial charge in [0.15, 0.2) is 0 Å². The second-order valence-corrected chi connectivity index (χ2v) is 8.58. The largest absolute Gasteiger partial charge is 0.494 e. The van der Waals surface area contributed by atoms with Gasteiger partial charge < -0.3 is 14.5 Å². The van der Waals surface area contributed by atoms with Gasteiger partial charge in [-0.05, 0) is 61.0 Å². The summed E-state index contributed by atoms with van der Waals surface area (Å²) in [5, 5.41) is 17.2. The van der Waals surface area contributed by atoms with Crippen LogP contribution in [-0.2, 0) is 11.3 Å². The lowest BCUT2D eigenvalue weighted by Gasteiger charge is -2.07. The third-order valence-electron chi connectivity index (χ3n) is 5.83. The zero-order valence-electron chi connectivity index (χ0n) is 20.9. The molecule has 4 aromatic rings. The number of nitriles is 1. The first-order chi connectivity index (χ1) is 18.2. The molecule has 0 aliphatic rings. The summed E-state index contributed by atoms with van der Waals surface area (Å²) in [6.45, 7) is 3.07. The molecular formula is C30H30N4O3. The van der Waals surface area contributed by atoms with Gasteiger partial charge in [0, 0.05) is 17.3 Å². The third-order valence-corrected chi connectivity index (χ3v) is 5.83. The Morgan fingerprint density at radius 2 is 1.89 bits per heavy atom. The molecule has 7 heteroatoms. The molecule has 0 atom stereocenters. The van der Waals surface area contributed by atoms with Gasteiger partial charge in [-0.15, -0.1) is 0 Å². The monoisotopic (exact) mass is 494 g/mol. The number of amides is 1. The van der Waals surface area contributed by atoms with Gasteiger partial charge in [-0.25, -0.2) is 4.68 Å².